The largest absolute Gasteiger partial charge is 0.495 e. The van der Waals surface area contributed by atoms with Gasteiger partial charge in [0.1, 0.15) is 5.75 Å². The Balaban J connectivity index is 2.33. The van der Waals surface area contributed by atoms with Gasteiger partial charge in [0.2, 0.25) is 0 Å². The zero-order valence-corrected chi connectivity index (χ0v) is 15.1. The molecule has 1 amide bonds. The third-order valence-corrected chi connectivity index (χ3v) is 4.19. The maximum atomic E-state index is 12.2. The van der Waals surface area contributed by atoms with Crippen molar-refractivity contribution in [3.05, 3.63) is 43.0 Å². The number of nitrogens with zero attached hydrogens (tertiary/aromatic N) is 2. The van der Waals surface area contributed by atoms with Gasteiger partial charge < -0.3 is 10.1 Å². The number of amides is 1. The molecule has 1 aromatic heterocycles. The minimum Gasteiger partial charge on any atom is -0.495 e. The van der Waals surface area contributed by atoms with Crippen molar-refractivity contribution >= 4 is 66.7 Å². The van der Waals surface area contributed by atoms with Crippen molar-refractivity contribution in [1.82, 2.24) is 10.2 Å². The number of ether oxygens (including phenoxy) is 1. The van der Waals surface area contributed by atoms with Crippen molar-refractivity contribution in [2.45, 2.75) is 0 Å². The molecule has 0 atom stereocenters. The summed E-state index contributed by atoms with van der Waals surface area (Å²) in [6, 6.07) is 4.76. The fourth-order valence-corrected chi connectivity index (χ4v) is 3.06. The van der Waals surface area contributed by atoms with Crippen LogP contribution in [0.3, 0.4) is 0 Å². The summed E-state index contributed by atoms with van der Waals surface area (Å²) in [4.78, 5) is 12.2. The van der Waals surface area contributed by atoms with E-state index in [0.29, 0.717) is 15.9 Å². The molecule has 9 heteroatoms. The molecule has 0 unspecified atom stereocenters. The fraction of sp³-hybridized carbons (Fsp3) is 0.0833. The van der Waals surface area contributed by atoms with Gasteiger partial charge in [0, 0.05) is 10.5 Å². The number of carbonyl (C=O) groups excluding carboxylic acids is 1. The lowest BCUT2D eigenvalue weighted by Crippen LogP contribution is -2.14. The second-order valence-corrected chi connectivity index (χ2v) is 6.25. The zero-order valence-electron chi connectivity index (χ0n) is 10.5. The highest BCUT2D eigenvalue weighted by Crippen LogP contribution is 2.35. The van der Waals surface area contributed by atoms with Crippen LogP contribution in [-0.2, 0) is 0 Å². The van der Waals surface area contributed by atoms with Gasteiger partial charge in [-0.2, -0.15) is 0 Å². The first kappa shape index (κ1) is 16.5. The second kappa shape index (κ2) is 6.91. The van der Waals surface area contributed by atoms with Crippen LogP contribution in [0.1, 0.15) is 10.4 Å². The van der Waals surface area contributed by atoms with Gasteiger partial charge in [-0.15, -0.1) is 10.2 Å². The molecule has 0 spiro atoms. The molecule has 110 valence electrons. The zero-order chi connectivity index (χ0) is 15.6. The van der Waals surface area contributed by atoms with Crippen molar-refractivity contribution in [2.75, 3.05) is 12.4 Å². The number of nitrogens with one attached hydrogen (secondary N) is 1. The van der Waals surface area contributed by atoms with Gasteiger partial charge in [-0.25, -0.2) is 0 Å². The van der Waals surface area contributed by atoms with E-state index in [1.165, 1.54) is 13.2 Å². The van der Waals surface area contributed by atoms with Crippen LogP contribution in [0.2, 0.25) is 10.3 Å². The Morgan fingerprint density at radius 1 is 1.19 bits per heavy atom. The molecule has 2 aromatic rings. The van der Waals surface area contributed by atoms with Crippen LogP contribution in [0.25, 0.3) is 0 Å². The maximum Gasteiger partial charge on any atom is 0.259 e. The van der Waals surface area contributed by atoms with Crippen molar-refractivity contribution in [2.24, 2.45) is 0 Å². The molecule has 2 rings (SSSR count). The maximum absolute atomic E-state index is 12.2. The summed E-state index contributed by atoms with van der Waals surface area (Å²) in [5.74, 6) is 0.118. The molecule has 0 bridgehead atoms. The number of rotatable bonds is 3. The van der Waals surface area contributed by atoms with E-state index in [-0.39, 0.29) is 15.9 Å². The molecule has 1 aromatic carbocycles. The minimum atomic E-state index is -0.457. The summed E-state index contributed by atoms with van der Waals surface area (Å²) < 4.78 is 6.61. The summed E-state index contributed by atoms with van der Waals surface area (Å²) in [7, 11) is 1.53. The van der Waals surface area contributed by atoms with Gasteiger partial charge in [-0.3, -0.25) is 4.79 Å². The topological polar surface area (TPSA) is 64.1 Å². The predicted molar refractivity (Wildman–Crippen MR) is 88.4 cm³/mol. The van der Waals surface area contributed by atoms with Gasteiger partial charge in [0.05, 0.1) is 22.8 Å². The average molecular weight is 456 g/mol. The Bertz CT molecular complexity index is 713. The van der Waals surface area contributed by atoms with Gasteiger partial charge in [0.15, 0.2) is 10.3 Å². The monoisotopic (exact) mass is 453 g/mol. The van der Waals surface area contributed by atoms with Crippen molar-refractivity contribution < 1.29 is 9.53 Å². The summed E-state index contributed by atoms with van der Waals surface area (Å²) in [5, 5.41) is 9.89. The van der Waals surface area contributed by atoms with Crippen molar-refractivity contribution in [3.63, 3.8) is 0 Å². The number of benzene rings is 1. The molecule has 0 aliphatic rings. The van der Waals surface area contributed by atoms with E-state index in [0.717, 1.165) is 4.47 Å². The quantitative estimate of drug-likeness (QED) is 0.736. The molecule has 1 N–H and O–H groups in total. The van der Waals surface area contributed by atoms with E-state index >= 15 is 0 Å². The Labute approximate surface area is 147 Å². The van der Waals surface area contributed by atoms with E-state index in [1.807, 2.05) is 0 Å². The van der Waals surface area contributed by atoms with Crippen LogP contribution in [0.4, 0.5) is 5.69 Å². The third kappa shape index (κ3) is 3.85. The number of aromatic nitrogens is 2. The number of carbonyl (C=O) groups is 1. The number of hydrogen-bond donors (Lipinski definition) is 1. The number of anilines is 1. The number of halogens is 4. The van der Waals surface area contributed by atoms with Gasteiger partial charge >= 0.3 is 0 Å². The number of hydrogen-bond acceptors (Lipinski definition) is 4. The average Bonchev–Trinajstić information content (AvgIpc) is 2.44. The Hall–Kier alpha value is -0.890. The SMILES string of the molecule is COc1cc(NC(=O)c2cc(Cl)nnc2Cl)c(Br)cc1Br. The molecule has 21 heavy (non-hydrogen) atoms. The van der Waals surface area contributed by atoms with E-state index in [9.17, 15) is 4.79 Å². The van der Waals surface area contributed by atoms with Crippen LogP contribution in [0.5, 0.6) is 5.75 Å². The van der Waals surface area contributed by atoms with E-state index < -0.39 is 5.91 Å². The van der Waals surface area contributed by atoms with Crippen molar-refractivity contribution in [1.29, 1.82) is 0 Å². The summed E-state index contributed by atoms with van der Waals surface area (Å²) >= 11 is 18.3. The predicted octanol–water partition coefficient (Wildman–Crippen LogP) is 4.57. The smallest absolute Gasteiger partial charge is 0.259 e. The molecule has 5 nitrogen and oxygen atoms in total. The lowest BCUT2D eigenvalue weighted by molar-refractivity contribution is 0.102. The first-order valence-electron chi connectivity index (χ1n) is 5.45. The van der Waals surface area contributed by atoms with Crippen LogP contribution in [0, 0.1) is 0 Å². The van der Waals surface area contributed by atoms with Gasteiger partial charge in [-0.1, -0.05) is 23.2 Å². The van der Waals surface area contributed by atoms with E-state index in [2.05, 4.69) is 47.4 Å². The normalized spacial score (nSPS) is 10.3. The third-order valence-electron chi connectivity index (χ3n) is 2.45. The molecular weight excluding hydrogens is 449 g/mol. The molecule has 1 heterocycles. The molecule has 0 aliphatic carbocycles. The summed E-state index contributed by atoms with van der Waals surface area (Å²) in [5.41, 5.74) is 0.648. The summed E-state index contributed by atoms with van der Waals surface area (Å²) in [6.45, 7) is 0. The highest BCUT2D eigenvalue weighted by atomic mass is 79.9. The first-order chi connectivity index (χ1) is 9.92. The lowest BCUT2D eigenvalue weighted by Gasteiger charge is -2.11. The minimum absolute atomic E-state index is 0.0305. The first-order valence-corrected chi connectivity index (χ1v) is 7.79. The molecular formula is C12H7Br2Cl2N3O2. The highest BCUT2D eigenvalue weighted by Gasteiger charge is 2.16. The van der Waals surface area contributed by atoms with Crippen molar-refractivity contribution in [3.8, 4) is 5.75 Å². The molecule has 0 saturated carbocycles. The van der Waals surface area contributed by atoms with Gasteiger partial charge in [-0.05, 0) is 44.0 Å². The molecule has 0 saturated heterocycles. The fourth-order valence-electron chi connectivity index (χ4n) is 1.48. The number of methoxy groups -OCH3 is 1. The molecule has 0 aliphatic heterocycles. The Kier molecular flexibility index (Phi) is 5.43. The highest BCUT2D eigenvalue weighted by molar-refractivity contribution is 9.11. The van der Waals surface area contributed by atoms with Crippen LogP contribution in [0.15, 0.2) is 27.1 Å². The van der Waals surface area contributed by atoms with E-state index in [1.54, 1.807) is 12.1 Å². The standard InChI is InChI=1S/C12H7Br2Cl2N3O2/c1-21-9-4-8(6(13)3-7(9)14)17-12(20)5-2-10(15)18-19-11(5)16/h2-4H,1H3,(H,17,20). The Morgan fingerprint density at radius 2 is 1.90 bits per heavy atom. The van der Waals surface area contributed by atoms with Gasteiger partial charge in [0.25, 0.3) is 5.91 Å². The Morgan fingerprint density at radius 3 is 2.57 bits per heavy atom. The second-order valence-electron chi connectivity index (χ2n) is 3.79. The van der Waals surface area contributed by atoms with E-state index in [4.69, 9.17) is 27.9 Å². The van der Waals surface area contributed by atoms with Crippen LogP contribution in [-0.4, -0.2) is 23.2 Å². The molecule has 0 radical (unpaired) electrons. The molecule has 0 fully saturated rings. The van der Waals surface area contributed by atoms with Crippen LogP contribution < -0.4 is 10.1 Å². The van der Waals surface area contributed by atoms with Crippen LogP contribution >= 0.6 is 55.1 Å². The lowest BCUT2D eigenvalue weighted by atomic mass is 10.2. The summed E-state index contributed by atoms with van der Waals surface area (Å²) in [6.07, 6.45) is 0.